The molecular weight excluding hydrogens is 366 g/mol. The molecule has 0 saturated heterocycles. The van der Waals surface area contributed by atoms with Gasteiger partial charge in [0.25, 0.3) is 5.91 Å². The molecule has 3 aromatic rings. The molecule has 6 heteroatoms. The van der Waals surface area contributed by atoms with Gasteiger partial charge in [-0.2, -0.15) is 5.10 Å². The molecule has 6 nitrogen and oxygen atoms in total. The number of rotatable bonds is 6. The zero-order valence-electron chi connectivity index (χ0n) is 17.1. The first-order chi connectivity index (χ1) is 13.8. The van der Waals surface area contributed by atoms with Crippen molar-refractivity contribution in [2.45, 2.75) is 40.3 Å². The lowest BCUT2D eigenvalue weighted by molar-refractivity contribution is -0.123. The minimum Gasteiger partial charge on any atom is -0.449 e. The smallest absolute Gasteiger partial charge is 0.342 e. The number of amides is 1. The molecule has 0 unspecified atom stereocenters. The summed E-state index contributed by atoms with van der Waals surface area (Å²) in [5.74, 6) is -0.933. The maximum absolute atomic E-state index is 12.7. The second-order valence-corrected chi connectivity index (χ2v) is 7.09. The fourth-order valence-electron chi connectivity index (χ4n) is 3.05. The molecular formula is C23H25N3O3. The SMILES string of the molecule is Cc1ccc(Cn2nc(C)c(C(=O)O[C@@H](C)C(=O)Nc3ccccc3)c2C)cc1. The Balaban J connectivity index is 1.69. The Bertz CT molecular complexity index is 1010. The average Bonchev–Trinajstić information content (AvgIpc) is 2.97. The van der Waals surface area contributed by atoms with Crippen molar-refractivity contribution in [1.82, 2.24) is 9.78 Å². The summed E-state index contributed by atoms with van der Waals surface area (Å²) in [5, 5.41) is 7.22. The highest BCUT2D eigenvalue weighted by atomic mass is 16.5. The van der Waals surface area contributed by atoms with Crippen molar-refractivity contribution >= 4 is 17.6 Å². The Morgan fingerprint density at radius 1 is 1.03 bits per heavy atom. The second-order valence-electron chi connectivity index (χ2n) is 7.09. The van der Waals surface area contributed by atoms with Crippen molar-refractivity contribution < 1.29 is 14.3 Å². The summed E-state index contributed by atoms with van der Waals surface area (Å²) in [6.07, 6.45) is -0.929. The Kier molecular flexibility index (Phi) is 6.12. The van der Waals surface area contributed by atoms with Gasteiger partial charge in [-0.05, 0) is 45.4 Å². The minimum absolute atomic E-state index is 0.382. The van der Waals surface area contributed by atoms with Crippen molar-refractivity contribution in [2.75, 3.05) is 5.32 Å². The number of esters is 1. The predicted molar refractivity (Wildman–Crippen MR) is 112 cm³/mol. The van der Waals surface area contributed by atoms with Crippen LogP contribution >= 0.6 is 0 Å². The third kappa shape index (κ3) is 4.90. The summed E-state index contributed by atoms with van der Waals surface area (Å²) >= 11 is 0. The molecule has 1 amide bonds. The fourth-order valence-corrected chi connectivity index (χ4v) is 3.05. The number of anilines is 1. The Hall–Kier alpha value is -3.41. The van der Waals surface area contributed by atoms with Gasteiger partial charge in [0.2, 0.25) is 0 Å². The van der Waals surface area contributed by atoms with Crippen LogP contribution < -0.4 is 5.32 Å². The minimum atomic E-state index is -0.929. The zero-order valence-corrected chi connectivity index (χ0v) is 17.1. The van der Waals surface area contributed by atoms with Crippen LogP contribution in [0.25, 0.3) is 0 Å². The van der Waals surface area contributed by atoms with Gasteiger partial charge in [-0.25, -0.2) is 4.79 Å². The molecule has 0 spiro atoms. The first-order valence-electron chi connectivity index (χ1n) is 9.51. The van der Waals surface area contributed by atoms with E-state index in [-0.39, 0.29) is 5.91 Å². The number of nitrogens with one attached hydrogen (secondary N) is 1. The molecule has 0 saturated carbocycles. The van der Waals surface area contributed by atoms with E-state index in [4.69, 9.17) is 4.74 Å². The van der Waals surface area contributed by atoms with Gasteiger partial charge in [0.15, 0.2) is 6.10 Å². The standard InChI is InChI=1S/C23H25N3O3/c1-15-10-12-19(13-11-15)14-26-17(3)21(16(2)25-26)23(28)29-18(4)22(27)24-20-8-6-5-7-9-20/h5-13,18H,14H2,1-4H3,(H,24,27)/t18-/m0/s1. The molecule has 3 rings (SSSR count). The lowest BCUT2D eigenvalue weighted by Gasteiger charge is -2.14. The van der Waals surface area contributed by atoms with E-state index in [9.17, 15) is 9.59 Å². The maximum Gasteiger partial charge on any atom is 0.342 e. The quantitative estimate of drug-likeness (QED) is 0.644. The fraction of sp³-hybridized carbons (Fsp3) is 0.261. The van der Waals surface area contributed by atoms with E-state index in [2.05, 4.69) is 10.4 Å². The van der Waals surface area contributed by atoms with Crippen molar-refractivity contribution in [2.24, 2.45) is 0 Å². The van der Waals surface area contributed by atoms with Crippen LogP contribution in [0.3, 0.4) is 0 Å². The first-order valence-corrected chi connectivity index (χ1v) is 9.51. The number of para-hydroxylation sites is 1. The van der Waals surface area contributed by atoms with Crippen LogP contribution in [0, 0.1) is 20.8 Å². The highest BCUT2D eigenvalue weighted by molar-refractivity contribution is 5.98. The van der Waals surface area contributed by atoms with Gasteiger partial charge in [0.05, 0.1) is 17.9 Å². The molecule has 1 N–H and O–H groups in total. The van der Waals surface area contributed by atoms with Gasteiger partial charge >= 0.3 is 5.97 Å². The molecule has 0 fully saturated rings. The largest absolute Gasteiger partial charge is 0.449 e. The van der Waals surface area contributed by atoms with E-state index in [0.717, 1.165) is 5.56 Å². The zero-order chi connectivity index (χ0) is 21.0. The molecule has 0 aliphatic rings. The average molecular weight is 391 g/mol. The molecule has 150 valence electrons. The van der Waals surface area contributed by atoms with Crippen LogP contribution in [0.5, 0.6) is 0 Å². The molecule has 0 aliphatic carbocycles. The number of aromatic nitrogens is 2. The van der Waals surface area contributed by atoms with Crippen LogP contribution in [0.4, 0.5) is 5.69 Å². The van der Waals surface area contributed by atoms with E-state index in [0.29, 0.717) is 29.2 Å². The third-order valence-corrected chi connectivity index (χ3v) is 4.73. The van der Waals surface area contributed by atoms with E-state index >= 15 is 0 Å². The topological polar surface area (TPSA) is 73.2 Å². The van der Waals surface area contributed by atoms with Gasteiger partial charge < -0.3 is 10.1 Å². The molecule has 0 radical (unpaired) electrons. The Morgan fingerprint density at radius 3 is 2.34 bits per heavy atom. The highest BCUT2D eigenvalue weighted by Gasteiger charge is 2.24. The van der Waals surface area contributed by atoms with Crippen LogP contribution in [0.2, 0.25) is 0 Å². The molecule has 2 aromatic carbocycles. The number of hydrogen-bond donors (Lipinski definition) is 1. The summed E-state index contributed by atoms with van der Waals surface area (Å²) < 4.78 is 7.19. The number of benzene rings is 2. The molecule has 0 aliphatic heterocycles. The summed E-state index contributed by atoms with van der Waals surface area (Å²) in [6, 6.07) is 17.2. The van der Waals surface area contributed by atoms with E-state index in [1.807, 2.05) is 56.3 Å². The van der Waals surface area contributed by atoms with E-state index < -0.39 is 12.1 Å². The normalized spacial score (nSPS) is 11.7. The number of carbonyl (C=O) groups is 2. The van der Waals surface area contributed by atoms with Crippen LogP contribution in [-0.4, -0.2) is 27.8 Å². The monoisotopic (exact) mass is 391 g/mol. The Labute approximate surface area is 170 Å². The lowest BCUT2D eigenvalue weighted by Crippen LogP contribution is -2.30. The van der Waals surface area contributed by atoms with Gasteiger partial charge in [0, 0.05) is 5.69 Å². The molecule has 29 heavy (non-hydrogen) atoms. The Morgan fingerprint density at radius 2 is 1.69 bits per heavy atom. The molecule has 1 heterocycles. The highest BCUT2D eigenvalue weighted by Crippen LogP contribution is 2.17. The van der Waals surface area contributed by atoms with Gasteiger partial charge in [-0.1, -0.05) is 48.0 Å². The summed E-state index contributed by atoms with van der Waals surface area (Å²) in [6.45, 7) is 7.75. The molecule has 1 atom stereocenters. The van der Waals surface area contributed by atoms with Gasteiger partial charge in [-0.3, -0.25) is 9.48 Å². The van der Waals surface area contributed by atoms with Crippen molar-refractivity contribution in [3.8, 4) is 0 Å². The summed E-state index contributed by atoms with van der Waals surface area (Å²) in [7, 11) is 0. The van der Waals surface area contributed by atoms with Gasteiger partial charge in [0.1, 0.15) is 5.56 Å². The second kappa shape index (κ2) is 8.73. The van der Waals surface area contributed by atoms with Crippen molar-refractivity contribution in [1.29, 1.82) is 0 Å². The lowest BCUT2D eigenvalue weighted by atomic mass is 10.1. The third-order valence-electron chi connectivity index (χ3n) is 4.73. The van der Waals surface area contributed by atoms with E-state index in [1.165, 1.54) is 5.56 Å². The summed E-state index contributed by atoms with van der Waals surface area (Å²) in [4.78, 5) is 25.0. The molecule has 0 bridgehead atoms. The number of nitrogens with zero attached hydrogens (tertiary/aromatic N) is 2. The van der Waals surface area contributed by atoms with Crippen LogP contribution in [0.1, 0.15) is 39.8 Å². The predicted octanol–water partition coefficient (Wildman–Crippen LogP) is 4.04. The number of aryl methyl sites for hydroxylation is 2. The number of hydrogen-bond acceptors (Lipinski definition) is 4. The number of carbonyl (C=O) groups excluding carboxylic acids is 2. The van der Waals surface area contributed by atoms with Crippen molar-refractivity contribution in [3.63, 3.8) is 0 Å². The van der Waals surface area contributed by atoms with Crippen LogP contribution in [-0.2, 0) is 16.1 Å². The maximum atomic E-state index is 12.7. The summed E-state index contributed by atoms with van der Waals surface area (Å²) in [5.41, 5.74) is 4.63. The van der Waals surface area contributed by atoms with Gasteiger partial charge in [-0.15, -0.1) is 0 Å². The van der Waals surface area contributed by atoms with Crippen LogP contribution in [0.15, 0.2) is 54.6 Å². The van der Waals surface area contributed by atoms with E-state index in [1.54, 1.807) is 30.7 Å². The molecule has 1 aromatic heterocycles. The first kappa shape index (κ1) is 20.3. The number of ether oxygens (including phenoxy) is 1. The van der Waals surface area contributed by atoms with Crippen molar-refractivity contribution in [3.05, 3.63) is 82.7 Å².